The van der Waals surface area contributed by atoms with Crippen molar-refractivity contribution in [3.63, 3.8) is 0 Å². The van der Waals surface area contributed by atoms with Gasteiger partial charge in [0.05, 0.1) is 40.2 Å². The molecule has 1 spiro atoms. The summed E-state index contributed by atoms with van der Waals surface area (Å²) in [5.74, 6) is 0.439. The van der Waals surface area contributed by atoms with E-state index in [9.17, 15) is 15.0 Å². The smallest absolute Gasteiger partial charge is 0.273 e. The first kappa shape index (κ1) is 32.5. The first-order chi connectivity index (χ1) is 23.4. The highest BCUT2D eigenvalue weighted by Crippen LogP contribution is 2.49. The van der Waals surface area contributed by atoms with Crippen LogP contribution in [0.2, 0.25) is 10.0 Å². The van der Waals surface area contributed by atoms with Crippen LogP contribution in [0, 0.1) is 5.41 Å². The van der Waals surface area contributed by atoms with Gasteiger partial charge in [0.15, 0.2) is 0 Å². The minimum atomic E-state index is -0.688. The highest BCUT2D eigenvalue weighted by molar-refractivity contribution is 6.39. The maximum Gasteiger partial charge on any atom is 0.273 e. The van der Waals surface area contributed by atoms with Gasteiger partial charge in [-0.25, -0.2) is 4.98 Å². The number of β-amino-alcohol motifs (C(OH)–C–C–N with tert-alkyl or cyclic N) is 1. The molecule has 6 heterocycles. The standard InChI is InChI=1S/C36H39Cl2N7O4/c1-35(48)17-44(18-35)16-29-41-45-15-22(11-28(45)34(47)42(29)2)32-31(38)25(9-10-39-32)24-5-4-6-26(30(24)37)27-8-7-21(33(40-27)49-3)14-43-19-36(20-43)12-23(46)13-36/h4-11,15,23,29,41,46,48H,12-14,16-20H2,1-3H3. The van der Waals surface area contributed by atoms with Crippen molar-refractivity contribution in [2.24, 2.45) is 5.41 Å². The predicted molar refractivity (Wildman–Crippen MR) is 188 cm³/mol. The Morgan fingerprint density at radius 3 is 2.47 bits per heavy atom. The molecule has 2 saturated heterocycles. The van der Waals surface area contributed by atoms with Gasteiger partial charge in [0, 0.05) is 91.9 Å². The molecule has 4 aliphatic rings. The van der Waals surface area contributed by atoms with Gasteiger partial charge in [0.25, 0.3) is 5.91 Å². The first-order valence-corrected chi connectivity index (χ1v) is 17.3. The van der Waals surface area contributed by atoms with E-state index >= 15 is 0 Å². The first-order valence-electron chi connectivity index (χ1n) is 16.5. The monoisotopic (exact) mass is 703 g/mol. The van der Waals surface area contributed by atoms with Crippen molar-refractivity contribution in [2.45, 2.75) is 44.2 Å². The van der Waals surface area contributed by atoms with Gasteiger partial charge >= 0.3 is 0 Å². The second-order valence-electron chi connectivity index (χ2n) is 14.5. The van der Waals surface area contributed by atoms with Crippen LogP contribution in [0.25, 0.3) is 33.6 Å². The van der Waals surface area contributed by atoms with Gasteiger partial charge in [-0.15, -0.1) is 0 Å². The Labute approximate surface area is 295 Å². The molecule has 1 aliphatic carbocycles. The molecule has 0 radical (unpaired) electrons. The van der Waals surface area contributed by atoms with E-state index in [2.05, 4.69) is 20.2 Å². The third-order valence-electron chi connectivity index (χ3n) is 10.4. The van der Waals surface area contributed by atoms with Gasteiger partial charge in [-0.1, -0.05) is 47.5 Å². The lowest BCUT2D eigenvalue weighted by Gasteiger charge is -2.58. The Bertz CT molecular complexity index is 1940. The molecule has 1 aromatic carbocycles. The lowest BCUT2D eigenvalue weighted by atomic mass is 9.62. The van der Waals surface area contributed by atoms with Crippen LogP contribution in [-0.4, -0.2) is 110 Å². The molecule has 256 valence electrons. The second-order valence-corrected chi connectivity index (χ2v) is 15.2. The second kappa shape index (κ2) is 12.0. The van der Waals surface area contributed by atoms with Crippen molar-refractivity contribution in [3.05, 3.63) is 76.2 Å². The Morgan fingerprint density at radius 1 is 1.02 bits per heavy atom. The number of likely N-dealkylation sites (tertiary alicyclic amines) is 2. The molecule has 3 aromatic heterocycles. The van der Waals surface area contributed by atoms with Crippen LogP contribution < -0.4 is 10.2 Å². The van der Waals surface area contributed by atoms with Crippen molar-refractivity contribution in [3.8, 4) is 39.5 Å². The molecule has 1 unspecified atom stereocenters. The van der Waals surface area contributed by atoms with Crippen molar-refractivity contribution in [1.82, 2.24) is 29.3 Å². The van der Waals surface area contributed by atoms with Gasteiger partial charge in [-0.3, -0.25) is 24.3 Å². The van der Waals surface area contributed by atoms with Crippen molar-refractivity contribution in [1.29, 1.82) is 0 Å². The van der Waals surface area contributed by atoms with E-state index in [1.54, 1.807) is 36.0 Å². The van der Waals surface area contributed by atoms with Crippen LogP contribution in [0.15, 0.2) is 54.9 Å². The van der Waals surface area contributed by atoms with E-state index in [4.69, 9.17) is 32.9 Å². The van der Waals surface area contributed by atoms with Crippen molar-refractivity contribution in [2.75, 3.05) is 52.3 Å². The number of aliphatic hydroxyl groups is 2. The molecule has 3 N–H and O–H groups in total. The fourth-order valence-corrected chi connectivity index (χ4v) is 8.69. The zero-order valence-corrected chi connectivity index (χ0v) is 29.2. The topological polar surface area (TPSA) is 119 Å². The molecule has 1 amide bonds. The number of hydrogen-bond donors (Lipinski definition) is 3. The van der Waals surface area contributed by atoms with E-state index in [0.717, 1.165) is 49.2 Å². The summed E-state index contributed by atoms with van der Waals surface area (Å²) in [6.07, 6.45) is 4.90. The van der Waals surface area contributed by atoms with Crippen LogP contribution in [0.5, 0.6) is 5.88 Å². The fourth-order valence-electron chi connectivity index (χ4n) is 8.05. The van der Waals surface area contributed by atoms with E-state index < -0.39 is 5.60 Å². The number of fused-ring (bicyclic) bond motifs is 1. The number of aliphatic hydroxyl groups excluding tert-OH is 1. The zero-order chi connectivity index (χ0) is 34.2. The predicted octanol–water partition coefficient (Wildman–Crippen LogP) is 4.57. The van der Waals surface area contributed by atoms with Gasteiger partial charge in [0.2, 0.25) is 5.88 Å². The van der Waals surface area contributed by atoms with E-state index in [-0.39, 0.29) is 23.6 Å². The molecule has 3 fully saturated rings. The number of halogens is 2. The summed E-state index contributed by atoms with van der Waals surface area (Å²) in [4.78, 5) is 29.0. The number of nitrogens with one attached hydrogen (secondary N) is 1. The number of methoxy groups -OCH3 is 1. The van der Waals surface area contributed by atoms with Crippen molar-refractivity contribution < 1.29 is 19.7 Å². The molecular weight excluding hydrogens is 665 g/mol. The van der Waals surface area contributed by atoms with Crippen LogP contribution in [0.1, 0.15) is 35.8 Å². The van der Waals surface area contributed by atoms with Gasteiger partial charge in [-0.05, 0) is 38.0 Å². The molecule has 4 aromatic rings. The number of amides is 1. The molecule has 49 heavy (non-hydrogen) atoms. The number of ether oxygens (including phenoxy) is 1. The number of benzene rings is 1. The minimum Gasteiger partial charge on any atom is -0.481 e. The third kappa shape index (κ3) is 5.76. The summed E-state index contributed by atoms with van der Waals surface area (Å²) in [6.45, 7) is 6.23. The van der Waals surface area contributed by atoms with Crippen molar-refractivity contribution >= 4 is 29.1 Å². The number of nitrogens with zero attached hydrogens (tertiary/aromatic N) is 6. The Hall–Kier alpha value is -3.71. The summed E-state index contributed by atoms with van der Waals surface area (Å²) >= 11 is 14.2. The Kier molecular flexibility index (Phi) is 7.93. The molecule has 1 atom stereocenters. The maximum absolute atomic E-state index is 13.4. The fraction of sp³-hybridized carbons (Fsp3) is 0.417. The summed E-state index contributed by atoms with van der Waals surface area (Å²) in [5, 5.41) is 20.8. The number of carbonyl (C=O) groups is 1. The molecule has 13 heteroatoms. The van der Waals surface area contributed by atoms with Gasteiger partial charge in [0.1, 0.15) is 11.9 Å². The summed E-state index contributed by atoms with van der Waals surface area (Å²) in [7, 11) is 3.40. The molecule has 0 bridgehead atoms. The van der Waals surface area contributed by atoms with Crippen LogP contribution in [0.4, 0.5) is 0 Å². The molecule has 3 aliphatic heterocycles. The van der Waals surface area contributed by atoms with E-state index in [1.807, 2.05) is 49.5 Å². The van der Waals surface area contributed by atoms with Gasteiger partial charge in [-0.2, -0.15) is 0 Å². The van der Waals surface area contributed by atoms with Crippen LogP contribution in [-0.2, 0) is 6.54 Å². The average Bonchev–Trinajstić information content (AvgIpc) is 3.45. The number of hydrogen-bond acceptors (Lipinski definition) is 9. The molecular formula is C36H39Cl2N7O4. The van der Waals surface area contributed by atoms with Crippen LogP contribution >= 0.6 is 23.2 Å². The van der Waals surface area contributed by atoms with E-state index in [1.165, 1.54) is 0 Å². The van der Waals surface area contributed by atoms with E-state index in [0.29, 0.717) is 63.8 Å². The SMILES string of the molecule is COc1nc(-c2cccc(-c3ccnc(-c4cc5n(c4)NC(CN4CC(C)(O)C4)N(C)C5=O)c3Cl)c2Cl)ccc1CN1CC2(CC(O)C2)C1. The summed E-state index contributed by atoms with van der Waals surface area (Å²) in [6, 6.07) is 13.4. The number of carbonyl (C=O) groups excluding carboxylic acids is 1. The third-order valence-corrected chi connectivity index (χ3v) is 11.2. The average molecular weight is 705 g/mol. The number of pyridine rings is 2. The molecule has 1 saturated carbocycles. The largest absolute Gasteiger partial charge is 0.481 e. The Morgan fingerprint density at radius 2 is 1.76 bits per heavy atom. The quantitative estimate of drug-likeness (QED) is 0.243. The highest BCUT2D eigenvalue weighted by atomic mass is 35.5. The molecule has 8 rings (SSSR count). The van der Waals surface area contributed by atoms with Crippen LogP contribution in [0.3, 0.4) is 0 Å². The summed E-state index contributed by atoms with van der Waals surface area (Å²) < 4.78 is 7.45. The van der Waals surface area contributed by atoms with Gasteiger partial charge < -0.3 is 25.3 Å². The minimum absolute atomic E-state index is 0.119. The number of rotatable bonds is 8. The molecule has 11 nitrogen and oxygen atoms in total. The lowest BCUT2D eigenvalue weighted by molar-refractivity contribution is -0.131. The number of likely N-dealkylation sites (N-methyl/N-ethyl adjacent to an activating group) is 1. The normalized spacial score (nSPS) is 21.5. The highest BCUT2D eigenvalue weighted by Gasteiger charge is 2.51. The zero-order valence-electron chi connectivity index (χ0n) is 27.7. The number of aromatic nitrogens is 3. The maximum atomic E-state index is 13.4. The Balaban J connectivity index is 1.04. The summed E-state index contributed by atoms with van der Waals surface area (Å²) in [5.41, 5.74) is 8.59. The lowest BCUT2D eigenvalue weighted by Crippen LogP contribution is -2.65.